The van der Waals surface area contributed by atoms with Crippen molar-refractivity contribution in [2.24, 2.45) is 5.92 Å². The van der Waals surface area contributed by atoms with Crippen molar-refractivity contribution in [3.05, 3.63) is 34.0 Å². The lowest BCUT2D eigenvalue weighted by molar-refractivity contribution is -0.119. The van der Waals surface area contributed by atoms with Crippen LogP contribution in [0.2, 0.25) is 0 Å². The SMILES string of the molecule is C=CC(=O)NC1(CNC(=O)c2csc3c2CCC(C)C3)CCOCC1. The van der Waals surface area contributed by atoms with Crippen molar-refractivity contribution in [2.45, 2.75) is 44.6 Å². The Balaban J connectivity index is 1.67. The fourth-order valence-electron chi connectivity index (χ4n) is 3.63. The molecule has 3 rings (SSSR count). The van der Waals surface area contributed by atoms with Crippen LogP contribution in [0.25, 0.3) is 0 Å². The molecule has 1 aliphatic carbocycles. The van der Waals surface area contributed by atoms with Gasteiger partial charge in [-0.15, -0.1) is 11.3 Å². The second-order valence-corrected chi connectivity index (χ2v) is 8.13. The highest BCUT2D eigenvalue weighted by Crippen LogP contribution is 2.32. The summed E-state index contributed by atoms with van der Waals surface area (Å²) in [6.45, 7) is 7.36. The molecule has 1 atom stereocenters. The molecule has 136 valence electrons. The van der Waals surface area contributed by atoms with Gasteiger partial charge in [0.15, 0.2) is 0 Å². The Morgan fingerprint density at radius 2 is 2.20 bits per heavy atom. The van der Waals surface area contributed by atoms with Crippen LogP contribution >= 0.6 is 11.3 Å². The molecular weight excluding hydrogens is 336 g/mol. The Labute approximate surface area is 152 Å². The number of thiophene rings is 1. The Kier molecular flexibility index (Phi) is 5.59. The van der Waals surface area contributed by atoms with Gasteiger partial charge in [-0.25, -0.2) is 0 Å². The van der Waals surface area contributed by atoms with Gasteiger partial charge in [-0.05, 0) is 49.7 Å². The van der Waals surface area contributed by atoms with E-state index in [0.717, 1.165) is 24.8 Å². The molecular formula is C19H26N2O3S. The first-order valence-electron chi connectivity index (χ1n) is 8.93. The number of hydrogen-bond donors (Lipinski definition) is 2. The number of ether oxygens (including phenoxy) is 1. The molecule has 0 radical (unpaired) electrons. The van der Waals surface area contributed by atoms with Gasteiger partial charge in [0, 0.05) is 30.0 Å². The maximum absolute atomic E-state index is 12.7. The molecule has 1 saturated heterocycles. The third-order valence-electron chi connectivity index (χ3n) is 5.26. The first kappa shape index (κ1) is 18.1. The minimum absolute atomic E-state index is 0.0363. The number of rotatable bonds is 5. The predicted octanol–water partition coefficient (Wildman–Crippen LogP) is 2.45. The molecule has 0 spiro atoms. The zero-order valence-electron chi connectivity index (χ0n) is 14.7. The first-order chi connectivity index (χ1) is 12.0. The molecule has 2 heterocycles. The normalized spacial score (nSPS) is 21.9. The summed E-state index contributed by atoms with van der Waals surface area (Å²) in [6, 6.07) is 0. The van der Waals surface area contributed by atoms with Crippen molar-refractivity contribution in [1.82, 2.24) is 10.6 Å². The lowest BCUT2D eigenvalue weighted by Gasteiger charge is -2.37. The number of carbonyl (C=O) groups is 2. The Bertz CT molecular complexity index is 662. The van der Waals surface area contributed by atoms with Crippen LogP contribution in [-0.4, -0.2) is 37.1 Å². The molecule has 6 heteroatoms. The van der Waals surface area contributed by atoms with Gasteiger partial charge in [-0.3, -0.25) is 9.59 Å². The highest BCUT2D eigenvalue weighted by molar-refractivity contribution is 7.10. The molecule has 2 amide bonds. The van der Waals surface area contributed by atoms with Crippen molar-refractivity contribution in [3.63, 3.8) is 0 Å². The van der Waals surface area contributed by atoms with E-state index in [9.17, 15) is 9.59 Å². The average Bonchev–Trinajstić information content (AvgIpc) is 3.03. The minimum Gasteiger partial charge on any atom is -0.381 e. The summed E-state index contributed by atoms with van der Waals surface area (Å²) < 4.78 is 5.42. The highest BCUT2D eigenvalue weighted by atomic mass is 32.1. The van der Waals surface area contributed by atoms with E-state index >= 15 is 0 Å². The van der Waals surface area contributed by atoms with Crippen LogP contribution in [0.4, 0.5) is 0 Å². The van der Waals surface area contributed by atoms with Crippen LogP contribution in [0.3, 0.4) is 0 Å². The minimum atomic E-state index is -0.455. The quantitative estimate of drug-likeness (QED) is 0.791. The molecule has 1 aromatic heterocycles. The predicted molar refractivity (Wildman–Crippen MR) is 99.0 cm³/mol. The van der Waals surface area contributed by atoms with Gasteiger partial charge in [0.2, 0.25) is 5.91 Å². The van der Waals surface area contributed by atoms with E-state index in [-0.39, 0.29) is 11.8 Å². The molecule has 0 bridgehead atoms. The lowest BCUT2D eigenvalue weighted by Crippen LogP contribution is -2.58. The highest BCUT2D eigenvalue weighted by Gasteiger charge is 2.34. The van der Waals surface area contributed by atoms with Crippen LogP contribution in [0, 0.1) is 5.92 Å². The molecule has 2 aliphatic rings. The maximum Gasteiger partial charge on any atom is 0.252 e. The summed E-state index contributed by atoms with van der Waals surface area (Å²) >= 11 is 1.70. The van der Waals surface area contributed by atoms with Crippen molar-refractivity contribution in [2.75, 3.05) is 19.8 Å². The second-order valence-electron chi connectivity index (χ2n) is 7.17. The monoisotopic (exact) mass is 362 g/mol. The van der Waals surface area contributed by atoms with Gasteiger partial charge in [-0.2, -0.15) is 0 Å². The van der Waals surface area contributed by atoms with Crippen molar-refractivity contribution < 1.29 is 14.3 Å². The van der Waals surface area contributed by atoms with Crippen LogP contribution < -0.4 is 10.6 Å². The average molecular weight is 362 g/mol. The Hall–Kier alpha value is -1.66. The van der Waals surface area contributed by atoms with Crippen molar-refractivity contribution >= 4 is 23.2 Å². The number of carbonyl (C=O) groups excluding carboxylic acids is 2. The van der Waals surface area contributed by atoms with Gasteiger partial charge < -0.3 is 15.4 Å². The molecule has 1 aliphatic heterocycles. The zero-order valence-corrected chi connectivity index (χ0v) is 15.5. The van der Waals surface area contributed by atoms with Gasteiger partial charge in [-0.1, -0.05) is 13.5 Å². The number of nitrogens with one attached hydrogen (secondary N) is 2. The van der Waals surface area contributed by atoms with Crippen LogP contribution in [-0.2, 0) is 22.4 Å². The summed E-state index contributed by atoms with van der Waals surface area (Å²) in [4.78, 5) is 25.9. The van der Waals surface area contributed by atoms with Gasteiger partial charge in [0.05, 0.1) is 11.1 Å². The third-order valence-corrected chi connectivity index (χ3v) is 6.31. The van der Waals surface area contributed by atoms with Crippen molar-refractivity contribution in [1.29, 1.82) is 0 Å². The topological polar surface area (TPSA) is 67.4 Å². The molecule has 0 saturated carbocycles. The fraction of sp³-hybridized carbons (Fsp3) is 0.579. The van der Waals surface area contributed by atoms with E-state index in [2.05, 4.69) is 24.1 Å². The largest absolute Gasteiger partial charge is 0.381 e. The van der Waals surface area contributed by atoms with Crippen LogP contribution in [0.1, 0.15) is 47.0 Å². The molecule has 25 heavy (non-hydrogen) atoms. The number of hydrogen-bond acceptors (Lipinski definition) is 4. The molecule has 1 fully saturated rings. The molecule has 1 aromatic rings. The van der Waals surface area contributed by atoms with E-state index in [1.54, 1.807) is 11.3 Å². The smallest absolute Gasteiger partial charge is 0.252 e. The van der Waals surface area contributed by atoms with E-state index < -0.39 is 5.54 Å². The van der Waals surface area contributed by atoms with Gasteiger partial charge in [0.25, 0.3) is 5.91 Å². The van der Waals surface area contributed by atoms with E-state index in [0.29, 0.717) is 38.5 Å². The first-order valence-corrected chi connectivity index (χ1v) is 9.81. The fourth-order valence-corrected chi connectivity index (χ4v) is 4.88. The molecule has 2 N–H and O–H groups in total. The maximum atomic E-state index is 12.7. The van der Waals surface area contributed by atoms with Crippen LogP contribution in [0.15, 0.2) is 18.0 Å². The van der Waals surface area contributed by atoms with E-state index in [1.807, 2.05) is 5.38 Å². The van der Waals surface area contributed by atoms with Gasteiger partial charge >= 0.3 is 0 Å². The zero-order chi connectivity index (χ0) is 17.9. The van der Waals surface area contributed by atoms with Gasteiger partial charge in [0.1, 0.15) is 0 Å². The summed E-state index contributed by atoms with van der Waals surface area (Å²) in [6.07, 6.45) is 5.84. The molecule has 1 unspecified atom stereocenters. The van der Waals surface area contributed by atoms with Crippen LogP contribution in [0.5, 0.6) is 0 Å². The number of fused-ring (bicyclic) bond motifs is 1. The summed E-state index contributed by atoms with van der Waals surface area (Å²) in [5.74, 6) is 0.450. The summed E-state index contributed by atoms with van der Waals surface area (Å²) in [5.41, 5.74) is 1.57. The molecule has 5 nitrogen and oxygen atoms in total. The number of amides is 2. The Morgan fingerprint density at radius 3 is 2.92 bits per heavy atom. The Morgan fingerprint density at radius 1 is 1.44 bits per heavy atom. The van der Waals surface area contributed by atoms with Crippen molar-refractivity contribution in [3.8, 4) is 0 Å². The lowest BCUT2D eigenvalue weighted by atomic mass is 9.88. The summed E-state index contributed by atoms with van der Waals surface area (Å²) in [7, 11) is 0. The third kappa shape index (κ3) is 4.12. The summed E-state index contributed by atoms with van der Waals surface area (Å²) in [5, 5.41) is 8.03. The standard InChI is InChI=1S/C19H26N2O3S/c1-3-17(22)21-19(6-8-24-9-7-19)12-20-18(23)15-11-25-16-10-13(2)4-5-14(15)16/h3,11,13H,1,4-10,12H2,2H3,(H,20,23)(H,21,22). The van der Waals surface area contributed by atoms with E-state index in [4.69, 9.17) is 4.74 Å². The molecule has 0 aromatic carbocycles. The van der Waals surface area contributed by atoms with E-state index in [1.165, 1.54) is 16.5 Å². The second kappa shape index (κ2) is 7.70.